The van der Waals surface area contributed by atoms with Crippen LogP contribution in [0.5, 0.6) is 5.75 Å². The summed E-state index contributed by atoms with van der Waals surface area (Å²) < 4.78 is 6.70. The van der Waals surface area contributed by atoms with E-state index in [1.165, 1.54) is 23.0 Å². The van der Waals surface area contributed by atoms with E-state index in [1.807, 2.05) is 0 Å². The van der Waals surface area contributed by atoms with Gasteiger partial charge in [-0.05, 0) is 42.0 Å². The van der Waals surface area contributed by atoms with Gasteiger partial charge in [-0.15, -0.1) is 5.10 Å². The molecule has 1 saturated heterocycles. The second kappa shape index (κ2) is 6.38. The zero-order valence-electron chi connectivity index (χ0n) is 13.8. The van der Waals surface area contributed by atoms with Crippen LogP contribution < -0.4 is 10.1 Å². The van der Waals surface area contributed by atoms with Gasteiger partial charge < -0.3 is 20.1 Å². The number of carbonyl (C=O) groups excluding carboxylic acids is 1. The summed E-state index contributed by atoms with van der Waals surface area (Å²) in [5.41, 5.74) is 0.191. The molecule has 0 radical (unpaired) electrons. The van der Waals surface area contributed by atoms with Gasteiger partial charge in [0.1, 0.15) is 17.8 Å². The molecule has 2 amide bonds. The number of likely N-dealkylation sites (tertiary alicyclic amines) is 1. The molecule has 2 heterocycles. The van der Waals surface area contributed by atoms with Crippen LogP contribution in [0.1, 0.15) is 13.3 Å². The quantitative estimate of drug-likeness (QED) is 0.846. The molecule has 3 rings (SSSR count). The van der Waals surface area contributed by atoms with Crippen LogP contribution in [0.4, 0.5) is 10.5 Å². The van der Waals surface area contributed by atoms with Crippen LogP contribution in [0.15, 0.2) is 24.5 Å². The van der Waals surface area contributed by atoms with Crippen molar-refractivity contribution in [3.05, 3.63) is 24.5 Å². The van der Waals surface area contributed by atoms with E-state index in [4.69, 9.17) is 4.74 Å². The van der Waals surface area contributed by atoms with Gasteiger partial charge in [0.25, 0.3) is 0 Å². The third-order valence-electron chi connectivity index (χ3n) is 4.30. The van der Waals surface area contributed by atoms with E-state index in [-0.39, 0.29) is 12.6 Å². The predicted octanol–water partition coefficient (Wildman–Crippen LogP) is 0.999. The minimum atomic E-state index is -0.908. The monoisotopic (exact) mass is 346 g/mol. The largest absolute Gasteiger partial charge is 0.494 e. The fourth-order valence-electron chi connectivity index (χ4n) is 2.73. The summed E-state index contributed by atoms with van der Waals surface area (Å²) in [7, 11) is 1.53. The Balaban J connectivity index is 1.76. The van der Waals surface area contributed by atoms with Crippen molar-refractivity contribution in [2.75, 3.05) is 25.5 Å². The number of carbonyl (C=O) groups is 2. The van der Waals surface area contributed by atoms with E-state index in [9.17, 15) is 14.7 Å². The normalized spacial score (nSPS) is 19.7. The Labute approximate surface area is 143 Å². The molecule has 1 aliphatic rings. The second-order valence-electron chi connectivity index (χ2n) is 6.11. The lowest BCUT2D eigenvalue weighted by molar-refractivity contribution is -0.146. The number of methoxy groups -OCH3 is 1. The highest BCUT2D eigenvalue weighted by Crippen LogP contribution is 2.31. The van der Waals surface area contributed by atoms with Crippen molar-refractivity contribution in [1.82, 2.24) is 25.1 Å². The highest BCUT2D eigenvalue weighted by molar-refractivity contribution is 5.91. The zero-order chi connectivity index (χ0) is 18.0. The number of tetrazole rings is 1. The van der Waals surface area contributed by atoms with Crippen LogP contribution in [0.2, 0.25) is 0 Å². The van der Waals surface area contributed by atoms with E-state index in [0.29, 0.717) is 30.1 Å². The predicted molar refractivity (Wildman–Crippen MR) is 86.7 cm³/mol. The number of aromatic nitrogens is 4. The number of anilines is 1. The first-order valence-electron chi connectivity index (χ1n) is 7.64. The molecule has 1 unspecified atom stereocenters. The summed E-state index contributed by atoms with van der Waals surface area (Å²) in [5, 5.41) is 23.0. The van der Waals surface area contributed by atoms with Crippen molar-refractivity contribution in [3.63, 3.8) is 0 Å². The number of urea groups is 1. The molecule has 1 atom stereocenters. The fourth-order valence-corrected chi connectivity index (χ4v) is 2.73. The first kappa shape index (κ1) is 16.7. The van der Waals surface area contributed by atoms with Crippen molar-refractivity contribution in [2.45, 2.75) is 13.3 Å². The number of hydrogen-bond donors (Lipinski definition) is 2. The summed E-state index contributed by atoms with van der Waals surface area (Å²) in [4.78, 5) is 25.2. The van der Waals surface area contributed by atoms with E-state index < -0.39 is 11.4 Å². The van der Waals surface area contributed by atoms with Gasteiger partial charge in [-0.1, -0.05) is 0 Å². The van der Waals surface area contributed by atoms with Crippen LogP contribution in [-0.2, 0) is 4.79 Å². The van der Waals surface area contributed by atoms with Crippen molar-refractivity contribution in [3.8, 4) is 11.4 Å². The Bertz CT molecular complexity index is 793. The van der Waals surface area contributed by atoms with E-state index in [0.717, 1.165) is 0 Å². The molecular formula is C15H18N6O4. The number of amides is 2. The highest BCUT2D eigenvalue weighted by atomic mass is 16.5. The van der Waals surface area contributed by atoms with Crippen LogP contribution in [0.3, 0.4) is 0 Å². The third-order valence-corrected chi connectivity index (χ3v) is 4.30. The Kier molecular flexibility index (Phi) is 4.26. The lowest BCUT2D eigenvalue weighted by Gasteiger charge is -2.21. The molecule has 1 aliphatic heterocycles. The molecule has 1 aromatic heterocycles. The van der Waals surface area contributed by atoms with Gasteiger partial charge in [0, 0.05) is 18.8 Å². The van der Waals surface area contributed by atoms with Gasteiger partial charge in [-0.25, -0.2) is 4.79 Å². The van der Waals surface area contributed by atoms with Crippen molar-refractivity contribution >= 4 is 17.7 Å². The van der Waals surface area contributed by atoms with E-state index >= 15 is 0 Å². The van der Waals surface area contributed by atoms with Crippen molar-refractivity contribution in [2.24, 2.45) is 5.41 Å². The standard InChI is InChI=1S/C15H18N6O4/c1-15(13(22)23)5-6-20(8-15)14(24)17-10-3-4-12(25-2)11(7-10)21-9-16-18-19-21/h3-4,7,9H,5-6,8H2,1-2H3,(H,17,24)(H,22,23). The van der Waals surface area contributed by atoms with E-state index in [1.54, 1.807) is 25.1 Å². The minimum absolute atomic E-state index is 0.171. The molecule has 10 nitrogen and oxygen atoms in total. The lowest BCUT2D eigenvalue weighted by Crippen LogP contribution is -2.37. The summed E-state index contributed by atoms with van der Waals surface area (Å²) in [5.74, 6) is -0.349. The van der Waals surface area contributed by atoms with Crippen LogP contribution in [-0.4, -0.2) is 62.4 Å². The maximum atomic E-state index is 12.4. The zero-order valence-corrected chi connectivity index (χ0v) is 13.8. The average Bonchev–Trinajstić information content (AvgIpc) is 3.25. The molecule has 25 heavy (non-hydrogen) atoms. The summed E-state index contributed by atoms with van der Waals surface area (Å²) >= 11 is 0. The maximum absolute atomic E-state index is 12.4. The highest BCUT2D eigenvalue weighted by Gasteiger charge is 2.42. The smallest absolute Gasteiger partial charge is 0.321 e. The Morgan fingerprint density at radius 3 is 2.80 bits per heavy atom. The number of carboxylic acid groups (broad SMARTS) is 1. The number of rotatable bonds is 4. The number of benzene rings is 1. The molecule has 0 spiro atoms. The van der Waals surface area contributed by atoms with Crippen LogP contribution in [0.25, 0.3) is 5.69 Å². The number of hydrogen-bond acceptors (Lipinski definition) is 6. The first-order chi connectivity index (χ1) is 11.9. The summed E-state index contributed by atoms with van der Waals surface area (Å²) in [6, 6.07) is 4.71. The van der Waals surface area contributed by atoms with Gasteiger partial charge in [-0.3, -0.25) is 4.79 Å². The lowest BCUT2D eigenvalue weighted by atomic mass is 9.90. The molecular weight excluding hydrogens is 328 g/mol. The second-order valence-corrected chi connectivity index (χ2v) is 6.11. The van der Waals surface area contributed by atoms with Gasteiger partial charge in [0.2, 0.25) is 0 Å². The number of aliphatic carboxylic acids is 1. The van der Waals surface area contributed by atoms with Crippen molar-refractivity contribution in [1.29, 1.82) is 0 Å². The van der Waals surface area contributed by atoms with Gasteiger partial charge >= 0.3 is 12.0 Å². The average molecular weight is 346 g/mol. The molecule has 2 aromatic rings. The Hall–Kier alpha value is -3.17. The van der Waals surface area contributed by atoms with Crippen LogP contribution in [0, 0.1) is 5.41 Å². The molecule has 1 fully saturated rings. The molecule has 0 bridgehead atoms. The molecule has 10 heteroatoms. The molecule has 0 saturated carbocycles. The third kappa shape index (κ3) is 3.23. The topological polar surface area (TPSA) is 122 Å². The van der Waals surface area contributed by atoms with E-state index in [2.05, 4.69) is 20.8 Å². The Morgan fingerprint density at radius 2 is 2.20 bits per heavy atom. The Morgan fingerprint density at radius 1 is 1.40 bits per heavy atom. The van der Waals surface area contributed by atoms with Gasteiger partial charge in [0.15, 0.2) is 0 Å². The number of carboxylic acids is 1. The number of ether oxygens (including phenoxy) is 1. The molecule has 1 aromatic carbocycles. The first-order valence-corrected chi connectivity index (χ1v) is 7.64. The fraction of sp³-hybridized carbons (Fsp3) is 0.400. The van der Waals surface area contributed by atoms with Gasteiger partial charge in [-0.2, -0.15) is 4.68 Å². The maximum Gasteiger partial charge on any atom is 0.321 e. The van der Waals surface area contributed by atoms with Crippen molar-refractivity contribution < 1.29 is 19.4 Å². The summed E-state index contributed by atoms with van der Waals surface area (Å²) in [6.45, 7) is 2.21. The molecule has 0 aliphatic carbocycles. The molecule has 132 valence electrons. The SMILES string of the molecule is COc1ccc(NC(=O)N2CCC(C)(C(=O)O)C2)cc1-n1cnnn1. The summed E-state index contributed by atoms with van der Waals surface area (Å²) in [6.07, 6.45) is 1.84. The number of nitrogens with one attached hydrogen (secondary N) is 1. The van der Waals surface area contributed by atoms with Crippen LogP contribution >= 0.6 is 0 Å². The molecule has 2 N–H and O–H groups in total. The van der Waals surface area contributed by atoms with Gasteiger partial charge in [0.05, 0.1) is 12.5 Å². The minimum Gasteiger partial charge on any atom is -0.494 e. The number of nitrogens with zero attached hydrogens (tertiary/aromatic N) is 5.